The second-order valence-corrected chi connectivity index (χ2v) is 6.20. The van der Waals surface area contributed by atoms with Crippen molar-refractivity contribution in [2.45, 2.75) is 38.3 Å². The van der Waals surface area contributed by atoms with Crippen molar-refractivity contribution in [3.63, 3.8) is 0 Å². The van der Waals surface area contributed by atoms with Crippen molar-refractivity contribution in [2.75, 3.05) is 6.54 Å². The summed E-state index contributed by atoms with van der Waals surface area (Å²) in [7, 11) is 0. The summed E-state index contributed by atoms with van der Waals surface area (Å²) in [6.07, 6.45) is 5.63. The van der Waals surface area contributed by atoms with E-state index < -0.39 is 5.97 Å². The van der Waals surface area contributed by atoms with E-state index in [2.05, 4.69) is 5.32 Å². The Bertz CT molecular complexity index is 834. The third-order valence-electron chi connectivity index (χ3n) is 4.66. The van der Waals surface area contributed by atoms with Gasteiger partial charge in [-0.3, -0.25) is 4.79 Å². The molecule has 2 N–H and O–H groups in total. The number of carboxylic acids is 1. The molecule has 0 atom stereocenters. The van der Waals surface area contributed by atoms with Gasteiger partial charge in [-0.15, -0.1) is 0 Å². The standard InChI is InChI=1S/C17H18N2O3/c20-16-13-6-3-10-8-18-7-1-2-12(10)15(13)19(11-4-5-11)9-14(16)17(21)22/h3,6,9,11,18H,1-2,4-5,7-8H2,(H,21,22). The second kappa shape index (κ2) is 4.95. The van der Waals surface area contributed by atoms with Gasteiger partial charge in [-0.1, -0.05) is 6.07 Å². The van der Waals surface area contributed by atoms with Crippen LogP contribution >= 0.6 is 0 Å². The van der Waals surface area contributed by atoms with Gasteiger partial charge < -0.3 is 15.0 Å². The minimum Gasteiger partial charge on any atom is -0.477 e. The van der Waals surface area contributed by atoms with Gasteiger partial charge in [0.1, 0.15) is 5.56 Å². The Balaban J connectivity index is 2.09. The zero-order valence-corrected chi connectivity index (χ0v) is 12.3. The average Bonchev–Trinajstić information content (AvgIpc) is 3.33. The summed E-state index contributed by atoms with van der Waals surface area (Å²) in [4.78, 5) is 23.9. The number of carboxylic acid groups (broad SMARTS) is 1. The number of benzene rings is 1. The fraction of sp³-hybridized carbons (Fsp3) is 0.412. The van der Waals surface area contributed by atoms with Crippen LogP contribution < -0.4 is 10.7 Å². The molecule has 1 aromatic heterocycles. The summed E-state index contributed by atoms with van der Waals surface area (Å²) in [5, 5.41) is 13.3. The van der Waals surface area contributed by atoms with Crippen LogP contribution in [0, 0.1) is 0 Å². The minimum atomic E-state index is -1.14. The Morgan fingerprint density at radius 2 is 2.14 bits per heavy atom. The quantitative estimate of drug-likeness (QED) is 0.890. The van der Waals surface area contributed by atoms with Gasteiger partial charge in [-0.25, -0.2) is 4.79 Å². The normalized spacial score (nSPS) is 18.0. The molecule has 2 heterocycles. The van der Waals surface area contributed by atoms with Crippen LogP contribution in [0.25, 0.3) is 10.9 Å². The van der Waals surface area contributed by atoms with E-state index in [1.165, 1.54) is 11.1 Å². The number of aromatic nitrogens is 1. The topological polar surface area (TPSA) is 71.3 Å². The Hall–Kier alpha value is -2.14. The molecule has 2 aromatic rings. The van der Waals surface area contributed by atoms with Gasteiger partial charge in [0.05, 0.1) is 5.52 Å². The lowest BCUT2D eigenvalue weighted by Gasteiger charge is -2.17. The molecule has 0 unspecified atom stereocenters. The zero-order chi connectivity index (χ0) is 15.3. The molecule has 1 saturated carbocycles. The summed E-state index contributed by atoms with van der Waals surface area (Å²) in [5.74, 6) is -1.14. The lowest BCUT2D eigenvalue weighted by atomic mass is 9.98. The van der Waals surface area contributed by atoms with Crippen LogP contribution in [-0.4, -0.2) is 22.2 Å². The number of fused-ring (bicyclic) bond motifs is 3. The van der Waals surface area contributed by atoms with Gasteiger partial charge in [-0.05, 0) is 49.4 Å². The largest absolute Gasteiger partial charge is 0.477 e. The van der Waals surface area contributed by atoms with Gasteiger partial charge >= 0.3 is 5.97 Å². The smallest absolute Gasteiger partial charge is 0.341 e. The van der Waals surface area contributed by atoms with Crippen molar-refractivity contribution < 1.29 is 9.90 Å². The number of aryl methyl sites for hydroxylation is 1. The van der Waals surface area contributed by atoms with Crippen LogP contribution in [-0.2, 0) is 13.0 Å². The first-order chi connectivity index (χ1) is 10.7. The summed E-state index contributed by atoms with van der Waals surface area (Å²) in [5.41, 5.74) is 2.91. The lowest BCUT2D eigenvalue weighted by molar-refractivity contribution is 0.0695. The van der Waals surface area contributed by atoms with Gasteiger partial charge in [0.25, 0.3) is 0 Å². The minimum absolute atomic E-state index is 0.119. The molecule has 1 aliphatic carbocycles. The molecule has 4 rings (SSSR count). The number of aromatic carboxylic acids is 1. The van der Waals surface area contributed by atoms with E-state index >= 15 is 0 Å². The van der Waals surface area contributed by atoms with Gasteiger partial charge in [0.15, 0.2) is 0 Å². The highest BCUT2D eigenvalue weighted by Gasteiger charge is 2.28. The van der Waals surface area contributed by atoms with Crippen LogP contribution in [0.4, 0.5) is 0 Å². The molecular formula is C17H18N2O3. The first kappa shape index (κ1) is 13.5. The zero-order valence-electron chi connectivity index (χ0n) is 12.3. The molecule has 0 spiro atoms. The molecule has 1 aromatic carbocycles. The molecule has 22 heavy (non-hydrogen) atoms. The van der Waals surface area contributed by atoms with E-state index in [1.807, 2.05) is 10.6 Å². The van der Waals surface area contributed by atoms with E-state index in [-0.39, 0.29) is 11.0 Å². The molecule has 2 aliphatic rings. The molecule has 5 nitrogen and oxygen atoms in total. The summed E-state index contributed by atoms with van der Waals surface area (Å²) >= 11 is 0. The van der Waals surface area contributed by atoms with E-state index in [0.29, 0.717) is 11.4 Å². The van der Waals surface area contributed by atoms with Gasteiger partial charge in [0, 0.05) is 24.2 Å². The van der Waals surface area contributed by atoms with Crippen molar-refractivity contribution in [2.24, 2.45) is 0 Å². The highest BCUT2D eigenvalue weighted by molar-refractivity contribution is 5.94. The fourth-order valence-electron chi connectivity index (χ4n) is 3.41. The Labute approximate surface area is 127 Å². The highest BCUT2D eigenvalue weighted by Crippen LogP contribution is 2.38. The van der Waals surface area contributed by atoms with Crippen LogP contribution in [0.2, 0.25) is 0 Å². The molecule has 0 bridgehead atoms. The number of nitrogens with zero attached hydrogens (tertiary/aromatic N) is 1. The molecule has 0 saturated heterocycles. The summed E-state index contributed by atoms with van der Waals surface area (Å²) in [6, 6.07) is 4.11. The SMILES string of the molecule is O=C(O)c1cn(C2CC2)c2c3c(ccc2c1=O)CNCCC3. The molecular weight excluding hydrogens is 280 g/mol. The van der Waals surface area contributed by atoms with Crippen molar-refractivity contribution in [1.82, 2.24) is 9.88 Å². The maximum Gasteiger partial charge on any atom is 0.341 e. The average molecular weight is 298 g/mol. The third-order valence-corrected chi connectivity index (χ3v) is 4.66. The van der Waals surface area contributed by atoms with Crippen LogP contribution in [0.1, 0.15) is 46.8 Å². The highest BCUT2D eigenvalue weighted by atomic mass is 16.4. The van der Waals surface area contributed by atoms with E-state index in [4.69, 9.17) is 0 Å². The molecule has 1 fully saturated rings. The first-order valence-corrected chi connectivity index (χ1v) is 7.80. The number of hydrogen-bond donors (Lipinski definition) is 2. The van der Waals surface area contributed by atoms with Crippen molar-refractivity contribution in [1.29, 1.82) is 0 Å². The molecule has 1 aliphatic heterocycles. The number of pyridine rings is 1. The number of carbonyl (C=O) groups is 1. The van der Waals surface area contributed by atoms with E-state index in [9.17, 15) is 14.7 Å². The molecule has 0 radical (unpaired) electrons. The predicted molar refractivity (Wildman–Crippen MR) is 83.5 cm³/mol. The van der Waals surface area contributed by atoms with Gasteiger partial charge in [0.2, 0.25) is 5.43 Å². The monoisotopic (exact) mass is 298 g/mol. The molecule has 5 heteroatoms. The molecule has 114 valence electrons. The molecule has 0 amide bonds. The number of hydrogen-bond acceptors (Lipinski definition) is 3. The number of rotatable bonds is 2. The van der Waals surface area contributed by atoms with Crippen LogP contribution in [0.15, 0.2) is 23.1 Å². The van der Waals surface area contributed by atoms with Crippen molar-refractivity contribution in [3.8, 4) is 0 Å². The Morgan fingerprint density at radius 3 is 2.86 bits per heavy atom. The van der Waals surface area contributed by atoms with Crippen LogP contribution in [0.5, 0.6) is 0 Å². The maximum atomic E-state index is 12.5. The number of nitrogens with one attached hydrogen (secondary N) is 1. The maximum absolute atomic E-state index is 12.5. The predicted octanol–water partition coefficient (Wildman–Crippen LogP) is 2.07. The summed E-state index contributed by atoms with van der Waals surface area (Å²) in [6.45, 7) is 1.78. The van der Waals surface area contributed by atoms with Crippen molar-refractivity contribution >= 4 is 16.9 Å². The second-order valence-electron chi connectivity index (χ2n) is 6.20. The van der Waals surface area contributed by atoms with Crippen LogP contribution in [0.3, 0.4) is 0 Å². The lowest BCUT2D eigenvalue weighted by Crippen LogP contribution is -2.20. The fourth-order valence-corrected chi connectivity index (χ4v) is 3.41. The Morgan fingerprint density at radius 1 is 1.32 bits per heavy atom. The summed E-state index contributed by atoms with van der Waals surface area (Å²) < 4.78 is 2.05. The van der Waals surface area contributed by atoms with Crippen molar-refractivity contribution in [3.05, 3.63) is 45.2 Å². The van der Waals surface area contributed by atoms with E-state index in [1.54, 1.807) is 12.3 Å². The third kappa shape index (κ3) is 2.04. The first-order valence-electron chi connectivity index (χ1n) is 7.80. The van der Waals surface area contributed by atoms with Gasteiger partial charge in [-0.2, -0.15) is 0 Å². The Kier molecular flexibility index (Phi) is 3.04. The van der Waals surface area contributed by atoms with E-state index in [0.717, 1.165) is 44.3 Å².